The van der Waals surface area contributed by atoms with Gasteiger partial charge in [-0.2, -0.15) is 8.78 Å². The second-order valence-electron chi connectivity index (χ2n) is 7.22. The highest BCUT2D eigenvalue weighted by molar-refractivity contribution is 14.0. The van der Waals surface area contributed by atoms with E-state index in [1.165, 1.54) is 12.4 Å². The van der Waals surface area contributed by atoms with Crippen LogP contribution in [0, 0.1) is 12.8 Å². The fourth-order valence-electron chi connectivity index (χ4n) is 2.66. The lowest BCUT2D eigenvalue weighted by molar-refractivity contribution is 0.0668. The van der Waals surface area contributed by atoms with Crippen LogP contribution in [0.5, 0.6) is 5.75 Å². The van der Waals surface area contributed by atoms with Crippen molar-refractivity contribution in [3.05, 3.63) is 47.5 Å². The number of aliphatic imine (C=N–C) groups is 1. The summed E-state index contributed by atoms with van der Waals surface area (Å²) in [5.74, 6) is 2.19. The van der Waals surface area contributed by atoms with Crippen LogP contribution >= 0.6 is 24.0 Å². The quantitative estimate of drug-likeness (QED) is 0.259. The third-order valence-electron chi connectivity index (χ3n) is 4.30. The molecule has 0 aliphatic carbocycles. The van der Waals surface area contributed by atoms with E-state index in [0.29, 0.717) is 31.6 Å². The number of nitrogens with one attached hydrogen (secondary N) is 2. The summed E-state index contributed by atoms with van der Waals surface area (Å²) >= 11 is 0. The van der Waals surface area contributed by atoms with E-state index < -0.39 is 6.55 Å². The zero-order valence-corrected chi connectivity index (χ0v) is 20.3. The molecule has 6 nitrogen and oxygen atoms in total. The lowest BCUT2D eigenvalue weighted by atomic mass is 10.1. The van der Waals surface area contributed by atoms with Gasteiger partial charge in [0.05, 0.1) is 19.7 Å². The Bertz CT molecular complexity index is 795. The van der Waals surface area contributed by atoms with Crippen molar-refractivity contribution < 1.29 is 13.5 Å². The van der Waals surface area contributed by atoms with E-state index in [2.05, 4.69) is 34.5 Å². The van der Waals surface area contributed by atoms with E-state index in [-0.39, 0.29) is 36.3 Å². The number of aromatic nitrogens is 2. The molecule has 0 unspecified atom stereocenters. The largest absolute Gasteiger partial charge is 0.493 e. The van der Waals surface area contributed by atoms with E-state index in [1.807, 2.05) is 32.0 Å². The third kappa shape index (κ3) is 8.45. The summed E-state index contributed by atoms with van der Waals surface area (Å²) in [5.41, 5.74) is 2.10. The van der Waals surface area contributed by atoms with Gasteiger partial charge in [-0.05, 0) is 37.8 Å². The highest BCUT2D eigenvalue weighted by Crippen LogP contribution is 2.22. The van der Waals surface area contributed by atoms with Gasteiger partial charge >= 0.3 is 6.55 Å². The summed E-state index contributed by atoms with van der Waals surface area (Å²) in [4.78, 5) is 8.56. The van der Waals surface area contributed by atoms with Crippen LogP contribution in [0.15, 0.2) is 35.6 Å². The van der Waals surface area contributed by atoms with Crippen LogP contribution in [0.25, 0.3) is 0 Å². The van der Waals surface area contributed by atoms with Gasteiger partial charge in [0.1, 0.15) is 11.6 Å². The predicted molar refractivity (Wildman–Crippen MR) is 127 cm³/mol. The van der Waals surface area contributed by atoms with Gasteiger partial charge in [-0.3, -0.25) is 4.57 Å². The van der Waals surface area contributed by atoms with E-state index in [0.717, 1.165) is 27.9 Å². The number of benzene rings is 1. The van der Waals surface area contributed by atoms with Crippen LogP contribution in [0.1, 0.15) is 50.7 Å². The number of guanidine groups is 1. The molecule has 1 aromatic carbocycles. The van der Waals surface area contributed by atoms with Gasteiger partial charge in [-0.1, -0.05) is 26.0 Å². The van der Waals surface area contributed by atoms with Crippen molar-refractivity contribution in [3.8, 4) is 5.75 Å². The molecule has 0 saturated heterocycles. The van der Waals surface area contributed by atoms with Gasteiger partial charge in [0.2, 0.25) is 0 Å². The van der Waals surface area contributed by atoms with Crippen molar-refractivity contribution in [2.24, 2.45) is 10.9 Å². The summed E-state index contributed by atoms with van der Waals surface area (Å²) < 4.78 is 32.7. The summed E-state index contributed by atoms with van der Waals surface area (Å²) in [7, 11) is 0. The standard InChI is InChI=1S/C21H31F2N5O.HI/c1-5-24-21(27-14-19-25-9-10-28(19)20(22)23)26-13-17-7-6-16(4)12-18(17)29-11-8-15(2)3;/h6-7,9-10,12,15,20H,5,8,11,13-14H2,1-4H3,(H2,24,26,27);1H. The molecule has 2 N–H and O–H groups in total. The van der Waals surface area contributed by atoms with Crippen molar-refractivity contribution in [3.63, 3.8) is 0 Å². The molecule has 2 rings (SSSR count). The molecule has 9 heteroatoms. The van der Waals surface area contributed by atoms with Crippen molar-refractivity contribution in [1.82, 2.24) is 20.2 Å². The molecule has 1 aromatic heterocycles. The average Bonchev–Trinajstić information content (AvgIpc) is 3.14. The molecule has 0 saturated carbocycles. The highest BCUT2D eigenvalue weighted by atomic mass is 127. The van der Waals surface area contributed by atoms with E-state index in [4.69, 9.17) is 4.74 Å². The minimum Gasteiger partial charge on any atom is -0.493 e. The Kier molecular flexibility index (Phi) is 11.7. The molecule has 0 spiro atoms. The SMILES string of the molecule is CCNC(=NCc1ccc(C)cc1OCCC(C)C)NCc1nccn1C(F)F.I. The Labute approximate surface area is 194 Å². The maximum atomic E-state index is 13.0. The van der Waals surface area contributed by atoms with Crippen LogP contribution in [0.4, 0.5) is 8.78 Å². The smallest absolute Gasteiger partial charge is 0.319 e. The fourth-order valence-corrected chi connectivity index (χ4v) is 2.66. The molecule has 0 amide bonds. The maximum absolute atomic E-state index is 13.0. The van der Waals surface area contributed by atoms with Gasteiger partial charge in [0.25, 0.3) is 0 Å². The predicted octanol–water partition coefficient (Wildman–Crippen LogP) is 4.88. The Morgan fingerprint density at radius 1 is 1.27 bits per heavy atom. The van der Waals surface area contributed by atoms with Crippen LogP contribution in [-0.2, 0) is 13.1 Å². The molecule has 0 fully saturated rings. The zero-order chi connectivity index (χ0) is 21.2. The van der Waals surface area contributed by atoms with Crippen molar-refractivity contribution in [2.75, 3.05) is 13.2 Å². The molecule has 30 heavy (non-hydrogen) atoms. The van der Waals surface area contributed by atoms with E-state index >= 15 is 0 Å². The normalized spacial score (nSPS) is 11.5. The number of alkyl halides is 2. The topological polar surface area (TPSA) is 63.5 Å². The third-order valence-corrected chi connectivity index (χ3v) is 4.30. The molecule has 168 valence electrons. The number of rotatable bonds is 10. The lowest BCUT2D eigenvalue weighted by Gasteiger charge is -2.14. The van der Waals surface area contributed by atoms with Crippen LogP contribution in [0.3, 0.4) is 0 Å². The number of ether oxygens (including phenoxy) is 1. The second kappa shape index (κ2) is 13.4. The molecular weight excluding hydrogens is 503 g/mol. The molecule has 1 heterocycles. The highest BCUT2D eigenvalue weighted by Gasteiger charge is 2.12. The minimum atomic E-state index is -2.62. The van der Waals surface area contributed by atoms with E-state index in [9.17, 15) is 8.78 Å². The van der Waals surface area contributed by atoms with Gasteiger partial charge in [0.15, 0.2) is 5.96 Å². The number of hydrogen-bond donors (Lipinski definition) is 2. The van der Waals surface area contributed by atoms with Crippen LogP contribution < -0.4 is 15.4 Å². The molecular formula is C21H32F2IN5O. The Balaban J connectivity index is 0.00000450. The number of hydrogen-bond acceptors (Lipinski definition) is 3. The van der Waals surface area contributed by atoms with E-state index in [1.54, 1.807) is 0 Å². The van der Waals surface area contributed by atoms with Crippen molar-refractivity contribution in [2.45, 2.75) is 53.8 Å². The monoisotopic (exact) mass is 535 g/mol. The Morgan fingerprint density at radius 3 is 2.70 bits per heavy atom. The summed E-state index contributed by atoms with van der Waals surface area (Å²) in [6.07, 6.45) is 3.61. The number of nitrogens with zero attached hydrogens (tertiary/aromatic N) is 3. The first-order valence-electron chi connectivity index (χ1n) is 9.95. The first-order valence-corrected chi connectivity index (χ1v) is 9.95. The Morgan fingerprint density at radius 2 is 2.03 bits per heavy atom. The van der Waals surface area contributed by atoms with Crippen molar-refractivity contribution in [1.29, 1.82) is 0 Å². The maximum Gasteiger partial charge on any atom is 0.319 e. The molecule has 0 aliphatic heterocycles. The van der Waals surface area contributed by atoms with Gasteiger partial charge in [-0.25, -0.2) is 9.98 Å². The molecule has 0 atom stereocenters. The van der Waals surface area contributed by atoms with Crippen LogP contribution in [0.2, 0.25) is 0 Å². The zero-order valence-electron chi connectivity index (χ0n) is 18.0. The number of halogens is 3. The number of imidazole rings is 1. The fraction of sp³-hybridized carbons (Fsp3) is 0.524. The van der Waals surface area contributed by atoms with Crippen LogP contribution in [-0.4, -0.2) is 28.7 Å². The first kappa shape index (κ1) is 26.1. The summed E-state index contributed by atoms with van der Waals surface area (Å²) in [6, 6.07) is 6.06. The van der Waals surface area contributed by atoms with Crippen molar-refractivity contribution >= 4 is 29.9 Å². The van der Waals surface area contributed by atoms with Gasteiger partial charge in [0, 0.05) is 24.5 Å². The number of aryl methyl sites for hydroxylation is 1. The second-order valence-corrected chi connectivity index (χ2v) is 7.22. The average molecular weight is 535 g/mol. The summed E-state index contributed by atoms with van der Waals surface area (Å²) in [6.45, 7) is 7.56. The van der Waals surface area contributed by atoms with Gasteiger partial charge in [-0.15, -0.1) is 24.0 Å². The molecule has 0 radical (unpaired) electrons. The summed E-state index contributed by atoms with van der Waals surface area (Å²) in [5, 5.41) is 6.19. The Hall–Kier alpha value is -1.91. The molecule has 2 aromatic rings. The molecule has 0 aliphatic rings. The van der Waals surface area contributed by atoms with Gasteiger partial charge < -0.3 is 15.4 Å². The first-order chi connectivity index (χ1) is 13.9. The minimum absolute atomic E-state index is 0. The lowest BCUT2D eigenvalue weighted by Crippen LogP contribution is -2.37. The molecule has 0 bridgehead atoms.